The Morgan fingerprint density at radius 1 is 1.27 bits per heavy atom. The van der Waals surface area contributed by atoms with Crippen LogP contribution >= 0.6 is 0 Å². The number of nitrogens with zero attached hydrogens (tertiary/aromatic N) is 1. The fourth-order valence-corrected chi connectivity index (χ4v) is 2.13. The van der Waals surface area contributed by atoms with Crippen molar-refractivity contribution in [2.45, 2.75) is 47.1 Å². The van der Waals surface area contributed by atoms with Gasteiger partial charge < -0.3 is 10.2 Å². The van der Waals surface area contributed by atoms with Crippen molar-refractivity contribution in [1.82, 2.24) is 10.2 Å². The van der Waals surface area contributed by atoms with Crippen LogP contribution in [0.5, 0.6) is 0 Å². The van der Waals surface area contributed by atoms with Crippen LogP contribution in [0.1, 0.15) is 41.0 Å². The summed E-state index contributed by atoms with van der Waals surface area (Å²) >= 11 is 0. The number of urea groups is 1. The van der Waals surface area contributed by atoms with E-state index in [1.807, 2.05) is 4.90 Å². The number of hydrogen-bond donors (Lipinski definition) is 1. The Balaban J connectivity index is 2.54. The second-order valence-corrected chi connectivity index (χ2v) is 5.88. The van der Waals surface area contributed by atoms with Crippen molar-refractivity contribution >= 4 is 6.03 Å². The highest BCUT2D eigenvalue weighted by Gasteiger charge is 2.31. The Hall–Kier alpha value is -0.730. The molecule has 0 bridgehead atoms. The van der Waals surface area contributed by atoms with Gasteiger partial charge in [-0.25, -0.2) is 4.79 Å². The molecule has 0 spiro atoms. The number of nitrogens with one attached hydrogen (secondary N) is 1. The van der Waals surface area contributed by atoms with E-state index in [1.165, 1.54) is 0 Å². The van der Waals surface area contributed by atoms with Gasteiger partial charge in [-0.2, -0.15) is 0 Å². The number of hydrogen-bond acceptors (Lipinski definition) is 1. The first-order valence-corrected chi connectivity index (χ1v) is 5.88. The Morgan fingerprint density at radius 2 is 1.80 bits per heavy atom. The molecule has 0 aromatic rings. The largest absolute Gasteiger partial charge is 0.334 e. The molecular formula is C12H24N2O. The molecule has 0 radical (unpaired) electrons. The summed E-state index contributed by atoms with van der Waals surface area (Å²) in [6.45, 7) is 12.7. The van der Waals surface area contributed by atoms with Crippen molar-refractivity contribution in [2.24, 2.45) is 11.3 Å². The van der Waals surface area contributed by atoms with E-state index in [0.29, 0.717) is 5.92 Å². The first-order chi connectivity index (χ1) is 6.82. The summed E-state index contributed by atoms with van der Waals surface area (Å²) in [5.74, 6) is 0.468. The van der Waals surface area contributed by atoms with Crippen LogP contribution < -0.4 is 5.32 Å². The number of carbonyl (C=O) groups excluding carboxylic acids is 1. The summed E-state index contributed by atoms with van der Waals surface area (Å²) < 4.78 is 0. The van der Waals surface area contributed by atoms with E-state index in [-0.39, 0.29) is 17.5 Å². The Labute approximate surface area is 93.2 Å². The molecule has 3 heteroatoms. The van der Waals surface area contributed by atoms with Crippen LogP contribution in [0, 0.1) is 11.3 Å². The van der Waals surface area contributed by atoms with Crippen LogP contribution in [0.4, 0.5) is 4.79 Å². The second-order valence-electron chi connectivity index (χ2n) is 5.88. The molecule has 0 saturated carbocycles. The third-order valence-electron chi connectivity index (χ3n) is 3.02. The molecule has 0 aromatic carbocycles. The molecular weight excluding hydrogens is 188 g/mol. The van der Waals surface area contributed by atoms with E-state index in [4.69, 9.17) is 0 Å². The van der Waals surface area contributed by atoms with Gasteiger partial charge in [0.1, 0.15) is 0 Å². The van der Waals surface area contributed by atoms with E-state index in [0.717, 1.165) is 19.5 Å². The van der Waals surface area contributed by atoms with Crippen LogP contribution in [0.2, 0.25) is 0 Å². The van der Waals surface area contributed by atoms with E-state index < -0.39 is 0 Å². The molecule has 1 atom stereocenters. The maximum Gasteiger partial charge on any atom is 0.317 e. The molecule has 1 aliphatic rings. The maximum atomic E-state index is 11.8. The topological polar surface area (TPSA) is 32.3 Å². The van der Waals surface area contributed by atoms with Gasteiger partial charge in [0.2, 0.25) is 0 Å². The fourth-order valence-electron chi connectivity index (χ4n) is 2.13. The minimum atomic E-state index is 0.106. The molecule has 0 aliphatic carbocycles. The summed E-state index contributed by atoms with van der Waals surface area (Å²) in [4.78, 5) is 13.7. The highest BCUT2D eigenvalue weighted by Crippen LogP contribution is 2.25. The van der Waals surface area contributed by atoms with Gasteiger partial charge in [-0.1, -0.05) is 34.6 Å². The van der Waals surface area contributed by atoms with Crippen LogP contribution in [0.15, 0.2) is 0 Å². The van der Waals surface area contributed by atoms with Crippen molar-refractivity contribution in [1.29, 1.82) is 0 Å². The molecule has 1 aliphatic heterocycles. The lowest BCUT2D eigenvalue weighted by atomic mass is 9.80. The summed E-state index contributed by atoms with van der Waals surface area (Å²) in [6, 6.07) is 0.348. The average molecular weight is 212 g/mol. The molecule has 1 heterocycles. The molecule has 2 amide bonds. The van der Waals surface area contributed by atoms with Crippen LogP contribution in [0.3, 0.4) is 0 Å². The highest BCUT2D eigenvalue weighted by molar-refractivity contribution is 5.75. The zero-order valence-electron chi connectivity index (χ0n) is 10.6. The third-order valence-corrected chi connectivity index (χ3v) is 3.02. The highest BCUT2D eigenvalue weighted by atomic mass is 16.2. The molecule has 88 valence electrons. The minimum absolute atomic E-state index is 0.106. The zero-order chi connectivity index (χ0) is 11.6. The lowest BCUT2D eigenvalue weighted by Gasteiger charge is -2.38. The SMILES string of the molecule is CC(C)[C@H](NC(=O)N1CCC1)C(C)(C)C. The van der Waals surface area contributed by atoms with E-state index in [9.17, 15) is 4.79 Å². The van der Waals surface area contributed by atoms with Gasteiger partial charge in [0, 0.05) is 19.1 Å². The third kappa shape index (κ3) is 3.11. The standard InChI is InChI=1S/C12H24N2O/c1-9(2)10(12(3,4)5)13-11(15)14-7-6-8-14/h9-10H,6-8H2,1-5H3,(H,13,15)/t10-/m0/s1. The molecule has 1 N–H and O–H groups in total. The molecule has 0 unspecified atom stereocenters. The smallest absolute Gasteiger partial charge is 0.317 e. The van der Waals surface area contributed by atoms with Crippen molar-refractivity contribution in [3.05, 3.63) is 0 Å². The predicted molar refractivity (Wildman–Crippen MR) is 62.8 cm³/mol. The van der Waals surface area contributed by atoms with E-state index in [2.05, 4.69) is 39.9 Å². The Kier molecular flexibility index (Phi) is 3.63. The van der Waals surface area contributed by atoms with Crippen molar-refractivity contribution in [3.63, 3.8) is 0 Å². The average Bonchev–Trinajstić information content (AvgIpc) is 1.93. The van der Waals surface area contributed by atoms with Crippen LogP contribution in [-0.2, 0) is 0 Å². The predicted octanol–water partition coefficient (Wildman–Crippen LogP) is 2.47. The van der Waals surface area contributed by atoms with Crippen molar-refractivity contribution < 1.29 is 4.79 Å². The van der Waals surface area contributed by atoms with Gasteiger partial charge >= 0.3 is 6.03 Å². The van der Waals surface area contributed by atoms with Gasteiger partial charge in [-0.05, 0) is 17.8 Å². The van der Waals surface area contributed by atoms with Gasteiger partial charge in [0.15, 0.2) is 0 Å². The van der Waals surface area contributed by atoms with E-state index >= 15 is 0 Å². The van der Waals surface area contributed by atoms with Crippen LogP contribution in [0.25, 0.3) is 0 Å². The Morgan fingerprint density at radius 3 is 2.07 bits per heavy atom. The first-order valence-electron chi connectivity index (χ1n) is 5.88. The van der Waals surface area contributed by atoms with E-state index in [1.54, 1.807) is 0 Å². The van der Waals surface area contributed by atoms with Crippen LogP contribution in [-0.4, -0.2) is 30.1 Å². The summed E-state index contributed by atoms with van der Waals surface area (Å²) in [6.07, 6.45) is 1.15. The zero-order valence-corrected chi connectivity index (χ0v) is 10.6. The van der Waals surface area contributed by atoms with Gasteiger partial charge in [-0.3, -0.25) is 0 Å². The molecule has 0 aromatic heterocycles. The normalized spacial score (nSPS) is 18.7. The number of carbonyl (C=O) groups is 1. The number of rotatable bonds is 2. The molecule has 1 saturated heterocycles. The minimum Gasteiger partial charge on any atom is -0.334 e. The monoisotopic (exact) mass is 212 g/mol. The lowest BCUT2D eigenvalue weighted by molar-refractivity contribution is 0.143. The summed E-state index contributed by atoms with van der Waals surface area (Å²) in [5.41, 5.74) is 0.120. The van der Waals surface area contributed by atoms with Gasteiger partial charge in [0.05, 0.1) is 0 Å². The molecule has 1 rings (SSSR count). The quantitative estimate of drug-likeness (QED) is 0.749. The summed E-state index contributed by atoms with van der Waals surface area (Å²) in [5, 5.41) is 3.15. The first kappa shape index (κ1) is 12.3. The molecule has 15 heavy (non-hydrogen) atoms. The molecule has 1 fully saturated rings. The number of amides is 2. The van der Waals surface area contributed by atoms with Crippen molar-refractivity contribution in [3.8, 4) is 0 Å². The van der Waals surface area contributed by atoms with Crippen molar-refractivity contribution in [2.75, 3.05) is 13.1 Å². The molecule has 3 nitrogen and oxygen atoms in total. The fraction of sp³-hybridized carbons (Fsp3) is 0.917. The lowest BCUT2D eigenvalue weighted by Crippen LogP contribution is -2.55. The summed E-state index contributed by atoms with van der Waals surface area (Å²) in [7, 11) is 0. The van der Waals surface area contributed by atoms with Gasteiger partial charge in [-0.15, -0.1) is 0 Å². The second kappa shape index (κ2) is 4.42. The van der Waals surface area contributed by atoms with Gasteiger partial charge in [0.25, 0.3) is 0 Å². The maximum absolute atomic E-state index is 11.8. The Bertz CT molecular complexity index is 226. The number of likely N-dealkylation sites (tertiary alicyclic amines) is 1.